The van der Waals surface area contributed by atoms with Crippen molar-refractivity contribution < 1.29 is 17.9 Å². The Morgan fingerprint density at radius 3 is 2.63 bits per heavy atom. The summed E-state index contributed by atoms with van der Waals surface area (Å²) < 4.78 is 33.4. The SMILES string of the molecule is COc1ccc(C)cc1S(=O)(=O)N1CCC[C@@H](C(=O)N2CCc3ccccc3C2)C1. The van der Waals surface area contributed by atoms with Gasteiger partial charge in [0.1, 0.15) is 10.6 Å². The summed E-state index contributed by atoms with van der Waals surface area (Å²) in [5.74, 6) is 0.0805. The average Bonchev–Trinajstić information content (AvgIpc) is 2.78. The quantitative estimate of drug-likeness (QED) is 0.751. The van der Waals surface area contributed by atoms with Crippen molar-refractivity contribution in [2.75, 3.05) is 26.7 Å². The normalized spacial score (nSPS) is 19.9. The van der Waals surface area contributed by atoms with Gasteiger partial charge in [-0.1, -0.05) is 30.3 Å². The first-order valence-electron chi connectivity index (χ1n) is 10.4. The second-order valence-electron chi connectivity index (χ2n) is 8.14. The van der Waals surface area contributed by atoms with Gasteiger partial charge in [-0.15, -0.1) is 0 Å². The molecule has 0 bridgehead atoms. The number of aryl methyl sites for hydroxylation is 1. The van der Waals surface area contributed by atoms with Crippen molar-refractivity contribution in [3.63, 3.8) is 0 Å². The number of ether oxygens (including phenoxy) is 1. The molecule has 0 N–H and O–H groups in total. The molecular formula is C23H28N2O4S. The summed E-state index contributed by atoms with van der Waals surface area (Å²) in [6.07, 6.45) is 2.24. The van der Waals surface area contributed by atoms with Crippen LogP contribution in [-0.4, -0.2) is 50.3 Å². The molecule has 0 unspecified atom stereocenters. The predicted octanol–water partition coefficient (Wildman–Crippen LogP) is 2.99. The zero-order valence-electron chi connectivity index (χ0n) is 17.5. The Balaban J connectivity index is 1.52. The van der Waals surface area contributed by atoms with Gasteiger partial charge < -0.3 is 9.64 Å². The molecule has 160 valence electrons. The van der Waals surface area contributed by atoms with E-state index in [0.29, 0.717) is 38.2 Å². The van der Waals surface area contributed by atoms with E-state index in [1.807, 2.05) is 30.0 Å². The molecule has 1 saturated heterocycles. The number of fused-ring (bicyclic) bond motifs is 1. The van der Waals surface area contributed by atoms with Crippen LogP contribution in [0.4, 0.5) is 0 Å². The minimum atomic E-state index is -3.74. The summed E-state index contributed by atoms with van der Waals surface area (Å²) in [6, 6.07) is 13.4. The molecule has 1 amide bonds. The zero-order chi connectivity index (χ0) is 21.3. The number of carbonyl (C=O) groups excluding carboxylic acids is 1. The average molecular weight is 429 g/mol. The molecule has 7 heteroatoms. The van der Waals surface area contributed by atoms with Crippen molar-refractivity contribution in [3.8, 4) is 5.75 Å². The van der Waals surface area contributed by atoms with Crippen LogP contribution >= 0.6 is 0 Å². The van der Waals surface area contributed by atoms with E-state index < -0.39 is 10.0 Å². The van der Waals surface area contributed by atoms with E-state index in [-0.39, 0.29) is 23.3 Å². The van der Waals surface area contributed by atoms with Crippen LogP contribution in [0.5, 0.6) is 5.75 Å². The highest BCUT2D eigenvalue weighted by atomic mass is 32.2. The third-order valence-electron chi connectivity index (χ3n) is 6.11. The van der Waals surface area contributed by atoms with Crippen LogP contribution in [0.1, 0.15) is 29.5 Å². The number of hydrogen-bond donors (Lipinski definition) is 0. The van der Waals surface area contributed by atoms with E-state index in [2.05, 4.69) is 12.1 Å². The third kappa shape index (κ3) is 3.96. The minimum Gasteiger partial charge on any atom is -0.495 e. The number of carbonyl (C=O) groups is 1. The molecule has 2 aromatic carbocycles. The molecule has 30 heavy (non-hydrogen) atoms. The molecular weight excluding hydrogens is 400 g/mol. The van der Waals surface area contributed by atoms with Crippen molar-refractivity contribution in [1.29, 1.82) is 0 Å². The maximum Gasteiger partial charge on any atom is 0.246 e. The molecule has 0 radical (unpaired) electrons. The highest BCUT2D eigenvalue weighted by molar-refractivity contribution is 7.89. The fourth-order valence-electron chi connectivity index (χ4n) is 4.43. The number of sulfonamides is 1. The molecule has 2 aliphatic heterocycles. The van der Waals surface area contributed by atoms with Crippen molar-refractivity contribution >= 4 is 15.9 Å². The van der Waals surface area contributed by atoms with Gasteiger partial charge in [0.15, 0.2) is 0 Å². The Kier molecular flexibility index (Phi) is 5.84. The fourth-order valence-corrected chi connectivity index (χ4v) is 6.19. The van der Waals surface area contributed by atoms with Crippen LogP contribution in [0.3, 0.4) is 0 Å². The molecule has 2 aliphatic rings. The Morgan fingerprint density at radius 1 is 1.10 bits per heavy atom. The van der Waals surface area contributed by atoms with Crippen LogP contribution in [0.2, 0.25) is 0 Å². The molecule has 6 nitrogen and oxygen atoms in total. The highest BCUT2D eigenvalue weighted by Crippen LogP contribution is 2.31. The smallest absolute Gasteiger partial charge is 0.246 e. The Labute approximate surface area is 178 Å². The van der Waals surface area contributed by atoms with Gasteiger partial charge in [-0.2, -0.15) is 4.31 Å². The third-order valence-corrected chi connectivity index (χ3v) is 8.00. The van der Waals surface area contributed by atoms with Crippen molar-refractivity contribution in [1.82, 2.24) is 9.21 Å². The maximum atomic E-state index is 13.3. The number of methoxy groups -OCH3 is 1. The predicted molar refractivity (Wildman–Crippen MR) is 115 cm³/mol. The van der Waals surface area contributed by atoms with E-state index in [0.717, 1.165) is 12.0 Å². The van der Waals surface area contributed by atoms with Crippen molar-refractivity contribution in [2.45, 2.75) is 37.6 Å². The topological polar surface area (TPSA) is 66.9 Å². The molecule has 4 rings (SSSR count). The Morgan fingerprint density at radius 2 is 1.87 bits per heavy atom. The molecule has 0 aromatic heterocycles. The van der Waals surface area contributed by atoms with Gasteiger partial charge in [-0.25, -0.2) is 8.42 Å². The maximum absolute atomic E-state index is 13.3. The number of benzene rings is 2. The van der Waals surface area contributed by atoms with E-state index >= 15 is 0 Å². The number of amides is 1. The minimum absolute atomic E-state index is 0.0561. The monoisotopic (exact) mass is 428 g/mol. The number of nitrogens with zero attached hydrogens (tertiary/aromatic N) is 2. The Bertz CT molecular complexity index is 1050. The summed E-state index contributed by atoms with van der Waals surface area (Å²) >= 11 is 0. The first-order chi connectivity index (χ1) is 14.4. The zero-order valence-corrected chi connectivity index (χ0v) is 18.3. The number of rotatable bonds is 4. The van der Waals surface area contributed by atoms with Gasteiger partial charge >= 0.3 is 0 Å². The lowest BCUT2D eigenvalue weighted by molar-refractivity contribution is -0.137. The lowest BCUT2D eigenvalue weighted by atomic mass is 9.95. The second-order valence-corrected chi connectivity index (χ2v) is 10.0. The van der Waals surface area contributed by atoms with E-state index in [1.54, 1.807) is 12.1 Å². The van der Waals surface area contributed by atoms with Gasteiger partial charge in [0.25, 0.3) is 0 Å². The van der Waals surface area contributed by atoms with Gasteiger partial charge in [0.05, 0.1) is 13.0 Å². The number of hydrogen-bond acceptors (Lipinski definition) is 4. The van der Waals surface area contributed by atoms with E-state index in [4.69, 9.17) is 4.74 Å². The van der Waals surface area contributed by atoms with Gasteiger partial charge in [-0.3, -0.25) is 4.79 Å². The molecule has 0 saturated carbocycles. The summed E-state index contributed by atoms with van der Waals surface area (Å²) in [4.78, 5) is 15.3. The fraction of sp³-hybridized carbons (Fsp3) is 0.435. The molecule has 2 heterocycles. The van der Waals surface area contributed by atoms with Crippen LogP contribution in [0.25, 0.3) is 0 Å². The van der Waals surface area contributed by atoms with Crippen molar-refractivity contribution in [2.24, 2.45) is 5.92 Å². The van der Waals surface area contributed by atoms with Crippen LogP contribution in [0.15, 0.2) is 47.4 Å². The molecule has 1 fully saturated rings. The molecule has 2 aromatic rings. The molecule has 0 aliphatic carbocycles. The largest absolute Gasteiger partial charge is 0.495 e. The standard InChI is InChI=1S/C23H28N2O4S/c1-17-9-10-21(29-2)22(14-17)30(27,28)25-12-5-8-20(16-25)23(26)24-13-11-18-6-3-4-7-19(18)15-24/h3-4,6-7,9-10,14,20H,5,8,11-13,15-16H2,1-2H3/t20-/m1/s1. The van der Waals surface area contributed by atoms with Crippen LogP contribution in [-0.2, 0) is 27.8 Å². The lowest BCUT2D eigenvalue weighted by Gasteiger charge is -2.36. The summed E-state index contributed by atoms with van der Waals surface area (Å²) in [5.41, 5.74) is 3.33. The summed E-state index contributed by atoms with van der Waals surface area (Å²) in [7, 11) is -2.26. The van der Waals surface area contributed by atoms with Gasteiger partial charge in [0.2, 0.25) is 15.9 Å². The van der Waals surface area contributed by atoms with Crippen LogP contribution < -0.4 is 4.74 Å². The summed E-state index contributed by atoms with van der Waals surface area (Å²) in [6.45, 7) is 3.78. The van der Waals surface area contributed by atoms with Crippen molar-refractivity contribution in [3.05, 3.63) is 59.2 Å². The van der Waals surface area contributed by atoms with Gasteiger partial charge in [0, 0.05) is 26.2 Å². The molecule has 0 spiro atoms. The number of piperidine rings is 1. The van der Waals surface area contributed by atoms with E-state index in [1.165, 1.54) is 22.5 Å². The highest BCUT2D eigenvalue weighted by Gasteiger charge is 2.36. The Hall–Kier alpha value is -2.38. The first kappa shape index (κ1) is 20.9. The second kappa shape index (κ2) is 8.40. The first-order valence-corrected chi connectivity index (χ1v) is 11.8. The van der Waals surface area contributed by atoms with Gasteiger partial charge in [-0.05, 0) is 55.0 Å². The summed E-state index contributed by atoms with van der Waals surface area (Å²) in [5, 5.41) is 0. The lowest BCUT2D eigenvalue weighted by Crippen LogP contribution is -2.47. The van der Waals surface area contributed by atoms with E-state index in [9.17, 15) is 13.2 Å². The molecule has 1 atom stereocenters. The van der Waals surface area contributed by atoms with Crippen LogP contribution in [0, 0.1) is 12.8 Å².